The molecule has 0 aliphatic carbocycles. The summed E-state index contributed by atoms with van der Waals surface area (Å²) in [5, 5.41) is 3.32. The van der Waals surface area contributed by atoms with Crippen LogP contribution in [0.4, 0.5) is 0 Å². The number of likely N-dealkylation sites (tertiary alicyclic amines) is 1. The predicted molar refractivity (Wildman–Crippen MR) is 72.0 cm³/mol. The van der Waals surface area contributed by atoms with Crippen molar-refractivity contribution < 1.29 is 4.79 Å². The van der Waals surface area contributed by atoms with Crippen LogP contribution in [0.25, 0.3) is 0 Å². The van der Waals surface area contributed by atoms with Gasteiger partial charge in [0.25, 0.3) is 0 Å². The molecule has 17 heavy (non-hydrogen) atoms. The van der Waals surface area contributed by atoms with E-state index in [1.54, 1.807) is 0 Å². The third-order valence-corrected chi connectivity index (χ3v) is 3.70. The minimum Gasteiger partial charge on any atom is -0.340 e. The Kier molecular flexibility index (Phi) is 6.56. The van der Waals surface area contributed by atoms with E-state index < -0.39 is 0 Å². The highest BCUT2D eigenvalue weighted by Gasteiger charge is 2.24. The molecule has 0 aromatic heterocycles. The van der Waals surface area contributed by atoms with Crippen molar-refractivity contribution in [1.29, 1.82) is 0 Å². The van der Waals surface area contributed by atoms with Gasteiger partial charge in [-0.25, -0.2) is 0 Å². The molecular formula is C14H28N2O. The monoisotopic (exact) mass is 240 g/mol. The fourth-order valence-electron chi connectivity index (χ4n) is 2.73. The summed E-state index contributed by atoms with van der Waals surface area (Å²) in [7, 11) is 0. The Morgan fingerprint density at radius 2 is 2.12 bits per heavy atom. The van der Waals surface area contributed by atoms with E-state index in [9.17, 15) is 4.79 Å². The van der Waals surface area contributed by atoms with Gasteiger partial charge in [-0.3, -0.25) is 4.79 Å². The molecule has 2 atom stereocenters. The number of nitrogens with one attached hydrogen (secondary N) is 1. The molecule has 1 amide bonds. The van der Waals surface area contributed by atoms with Crippen LogP contribution in [0.15, 0.2) is 0 Å². The van der Waals surface area contributed by atoms with E-state index in [0.717, 1.165) is 19.5 Å². The zero-order valence-electron chi connectivity index (χ0n) is 11.7. The van der Waals surface area contributed by atoms with Gasteiger partial charge in [-0.15, -0.1) is 0 Å². The van der Waals surface area contributed by atoms with Crippen LogP contribution in [0.1, 0.15) is 59.3 Å². The Morgan fingerprint density at radius 3 is 2.76 bits per heavy atom. The SMILES string of the molecule is CCNC(C)CC(=O)N1CCCCCC1CC. The molecule has 1 aliphatic rings. The Balaban J connectivity index is 2.51. The second-order valence-electron chi connectivity index (χ2n) is 5.16. The molecule has 0 saturated carbocycles. The molecule has 1 aliphatic heterocycles. The molecule has 0 bridgehead atoms. The van der Waals surface area contributed by atoms with Gasteiger partial charge < -0.3 is 10.2 Å². The van der Waals surface area contributed by atoms with Crippen LogP contribution in [0.2, 0.25) is 0 Å². The van der Waals surface area contributed by atoms with E-state index in [0.29, 0.717) is 24.4 Å². The van der Waals surface area contributed by atoms with Crippen molar-refractivity contribution in [2.45, 2.75) is 71.4 Å². The van der Waals surface area contributed by atoms with Crippen molar-refractivity contribution in [3.63, 3.8) is 0 Å². The highest BCUT2D eigenvalue weighted by molar-refractivity contribution is 5.77. The molecule has 3 heteroatoms. The summed E-state index contributed by atoms with van der Waals surface area (Å²) in [6.45, 7) is 8.29. The summed E-state index contributed by atoms with van der Waals surface area (Å²) in [5.41, 5.74) is 0. The number of hydrogen-bond acceptors (Lipinski definition) is 2. The van der Waals surface area contributed by atoms with Gasteiger partial charge in [0, 0.05) is 25.0 Å². The second-order valence-corrected chi connectivity index (χ2v) is 5.16. The molecular weight excluding hydrogens is 212 g/mol. The molecule has 1 saturated heterocycles. The largest absolute Gasteiger partial charge is 0.340 e. The van der Waals surface area contributed by atoms with E-state index in [2.05, 4.69) is 31.0 Å². The first-order valence-corrected chi connectivity index (χ1v) is 7.21. The minimum atomic E-state index is 0.299. The number of rotatable bonds is 5. The topological polar surface area (TPSA) is 32.3 Å². The van der Waals surface area contributed by atoms with Gasteiger partial charge in [0.2, 0.25) is 5.91 Å². The summed E-state index contributed by atoms with van der Waals surface area (Å²) < 4.78 is 0. The normalized spacial score (nSPS) is 23.2. The van der Waals surface area contributed by atoms with E-state index in [1.165, 1.54) is 25.7 Å². The maximum Gasteiger partial charge on any atom is 0.224 e. The molecule has 0 radical (unpaired) electrons. The molecule has 3 nitrogen and oxygen atoms in total. The lowest BCUT2D eigenvalue weighted by Crippen LogP contribution is -2.42. The predicted octanol–water partition coefficient (Wildman–Crippen LogP) is 2.56. The maximum atomic E-state index is 12.3. The minimum absolute atomic E-state index is 0.299. The Morgan fingerprint density at radius 1 is 1.35 bits per heavy atom. The van der Waals surface area contributed by atoms with Gasteiger partial charge in [-0.2, -0.15) is 0 Å². The Labute approximate surface area is 106 Å². The van der Waals surface area contributed by atoms with Crippen molar-refractivity contribution in [2.24, 2.45) is 0 Å². The molecule has 100 valence electrons. The van der Waals surface area contributed by atoms with Gasteiger partial charge in [0.15, 0.2) is 0 Å². The molecule has 0 spiro atoms. The van der Waals surface area contributed by atoms with E-state index >= 15 is 0 Å². The van der Waals surface area contributed by atoms with Crippen LogP contribution in [0, 0.1) is 0 Å². The first-order valence-electron chi connectivity index (χ1n) is 7.21. The van der Waals surface area contributed by atoms with Crippen LogP contribution in [0.3, 0.4) is 0 Å². The molecule has 0 aromatic rings. The van der Waals surface area contributed by atoms with Crippen LogP contribution < -0.4 is 5.32 Å². The molecule has 1 N–H and O–H groups in total. The second kappa shape index (κ2) is 7.70. The number of nitrogens with zero attached hydrogens (tertiary/aromatic N) is 1. The number of amides is 1. The summed E-state index contributed by atoms with van der Waals surface area (Å²) in [4.78, 5) is 14.4. The Hall–Kier alpha value is -0.570. The fraction of sp³-hybridized carbons (Fsp3) is 0.929. The van der Waals surface area contributed by atoms with Crippen molar-refractivity contribution >= 4 is 5.91 Å². The smallest absolute Gasteiger partial charge is 0.224 e. The van der Waals surface area contributed by atoms with Crippen molar-refractivity contribution in [3.8, 4) is 0 Å². The van der Waals surface area contributed by atoms with Crippen LogP contribution in [-0.2, 0) is 4.79 Å². The molecule has 2 unspecified atom stereocenters. The number of hydrogen-bond donors (Lipinski definition) is 1. The summed E-state index contributed by atoms with van der Waals surface area (Å²) in [6.07, 6.45) is 6.68. The highest BCUT2D eigenvalue weighted by atomic mass is 16.2. The maximum absolute atomic E-state index is 12.3. The van der Waals surface area contributed by atoms with Gasteiger partial charge in [0.1, 0.15) is 0 Å². The summed E-state index contributed by atoms with van der Waals surface area (Å²) in [6, 6.07) is 0.784. The first-order chi connectivity index (χ1) is 8.19. The lowest BCUT2D eigenvalue weighted by Gasteiger charge is -2.30. The van der Waals surface area contributed by atoms with Crippen molar-refractivity contribution in [2.75, 3.05) is 13.1 Å². The third-order valence-electron chi connectivity index (χ3n) is 3.70. The average Bonchev–Trinajstić information content (AvgIpc) is 2.53. The van der Waals surface area contributed by atoms with Crippen LogP contribution in [0.5, 0.6) is 0 Å². The third kappa shape index (κ3) is 4.66. The molecule has 1 heterocycles. The highest BCUT2D eigenvalue weighted by Crippen LogP contribution is 2.20. The van der Waals surface area contributed by atoms with Gasteiger partial charge in [-0.1, -0.05) is 26.7 Å². The molecule has 1 rings (SSSR count). The van der Waals surface area contributed by atoms with E-state index in [4.69, 9.17) is 0 Å². The fourth-order valence-corrected chi connectivity index (χ4v) is 2.73. The zero-order chi connectivity index (χ0) is 12.7. The number of carbonyl (C=O) groups excluding carboxylic acids is 1. The average molecular weight is 240 g/mol. The van der Waals surface area contributed by atoms with Gasteiger partial charge >= 0.3 is 0 Å². The van der Waals surface area contributed by atoms with E-state index in [1.807, 2.05) is 0 Å². The summed E-state index contributed by atoms with van der Waals surface area (Å²) >= 11 is 0. The van der Waals surface area contributed by atoms with Crippen molar-refractivity contribution in [3.05, 3.63) is 0 Å². The Bertz CT molecular complexity index is 230. The molecule has 1 fully saturated rings. The molecule has 0 aromatic carbocycles. The van der Waals surface area contributed by atoms with Crippen LogP contribution in [-0.4, -0.2) is 36.0 Å². The standard InChI is InChI=1S/C14H28N2O/c1-4-13-9-7-6-8-10-16(13)14(17)11-12(3)15-5-2/h12-13,15H,4-11H2,1-3H3. The lowest BCUT2D eigenvalue weighted by molar-refractivity contribution is -0.134. The summed E-state index contributed by atoms with van der Waals surface area (Å²) in [5.74, 6) is 0.340. The van der Waals surface area contributed by atoms with Gasteiger partial charge in [-0.05, 0) is 32.7 Å². The van der Waals surface area contributed by atoms with Crippen LogP contribution >= 0.6 is 0 Å². The quantitative estimate of drug-likeness (QED) is 0.801. The first kappa shape index (κ1) is 14.5. The van der Waals surface area contributed by atoms with E-state index in [-0.39, 0.29) is 0 Å². The van der Waals surface area contributed by atoms with Crippen molar-refractivity contribution in [1.82, 2.24) is 10.2 Å². The lowest BCUT2D eigenvalue weighted by atomic mass is 10.1. The van der Waals surface area contributed by atoms with Gasteiger partial charge in [0.05, 0.1) is 0 Å². The zero-order valence-corrected chi connectivity index (χ0v) is 11.7. The number of carbonyl (C=O) groups is 1.